The molecule has 0 unspecified atom stereocenters. The van der Waals surface area contributed by atoms with Gasteiger partial charge in [-0.3, -0.25) is 14.6 Å². The quantitative estimate of drug-likeness (QED) is 0.750. The Balaban J connectivity index is 1.94. The Labute approximate surface area is 140 Å². The number of primary amides is 1. The van der Waals surface area contributed by atoms with Crippen LogP contribution in [0.15, 0.2) is 42.9 Å². The largest absolute Gasteiger partial charge is 0.494 e. The van der Waals surface area contributed by atoms with Gasteiger partial charge in [0, 0.05) is 18.9 Å². The van der Waals surface area contributed by atoms with E-state index >= 15 is 0 Å². The summed E-state index contributed by atoms with van der Waals surface area (Å²) in [5, 5.41) is 2.67. The van der Waals surface area contributed by atoms with Crippen LogP contribution in [0.3, 0.4) is 0 Å². The smallest absolute Gasteiger partial charge is 0.271 e. The zero-order valence-corrected chi connectivity index (χ0v) is 13.4. The Hall–Kier alpha value is -2.96. The molecule has 7 nitrogen and oxygen atoms in total. The molecule has 0 aliphatic heterocycles. The number of carbonyl (C=O) groups excluding carboxylic acids is 2. The molecule has 0 aliphatic carbocycles. The second-order valence-electron chi connectivity index (χ2n) is 5.18. The van der Waals surface area contributed by atoms with Crippen molar-refractivity contribution in [1.29, 1.82) is 0 Å². The van der Waals surface area contributed by atoms with Crippen LogP contribution in [0.2, 0.25) is 0 Å². The van der Waals surface area contributed by atoms with E-state index in [0.717, 1.165) is 11.3 Å². The van der Waals surface area contributed by atoms with Crippen LogP contribution in [0.5, 0.6) is 5.75 Å². The number of aromatic nitrogens is 2. The van der Waals surface area contributed by atoms with Crippen LogP contribution < -0.4 is 15.8 Å². The highest BCUT2D eigenvalue weighted by atomic mass is 16.5. The highest BCUT2D eigenvalue weighted by Crippen LogP contribution is 2.15. The van der Waals surface area contributed by atoms with Gasteiger partial charge in [-0.15, -0.1) is 0 Å². The number of ether oxygens (including phenoxy) is 1. The molecule has 1 aromatic heterocycles. The molecule has 7 heteroatoms. The topological polar surface area (TPSA) is 107 Å². The van der Waals surface area contributed by atoms with Crippen molar-refractivity contribution >= 4 is 11.8 Å². The molecule has 0 spiro atoms. The van der Waals surface area contributed by atoms with E-state index in [4.69, 9.17) is 10.5 Å². The summed E-state index contributed by atoms with van der Waals surface area (Å²) in [4.78, 5) is 31.3. The number of benzene rings is 1. The summed E-state index contributed by atoms with van der Waals surface area (Å²) < 4.78 is 5.38. The third-order valence-corrected chi connectivity index (χ3v) is 3.42. The van der Waals surface area contributed by atoms with Crippen molar-refractivity contribution < 1.29 is 14.3 Å². The Morgan fingerprint density at radius 2 is 2.00 bits per heavy atom. The van der Waals surface area contributed by atoms with Gasteiger partial charge in [-0.05, 0) is 31.0 Å². The standard InChI is InChI=1S/C17H20N4O3/c1-2-24-14-5-3-12(4-6-14)9-13(16(18)22)10-21-17(23)15-11-19-7-8-20-15/h3-8,11,13H,2,9-10H2,1H3,(H2,18,22)(H,21,23)/t13-/m1/s1. The average Bonchev–Trinajstić information content (AvgIpc) is 2.60. The number of nitrogens with one attached hydrogen (secondary N) is 1. The number of hydrogen-bond donors (Lipinski definition) is 2. The van der Waals surface area contributed by atoms with Gasteiger partial charge in [0.05, 0.1) is 18.7 Å². The first-order valence-electron chi connectivity index (χ1n) is 7.65. The van der Waals surface area contributed by atoms with Crippen molar-refractivity contribution in [3.63, 3.8) is 0 Å². The third-order valence-electron chi connectivity index (χ3n) is 3.42. The molecule has 0 saturated carbocycles. The van der Waals surface area contributed by atoms with E-state index in [1.54, 1.807) is 0 Å². The number of hydrogen-bond acceptors (Lipinski definition) is 5. The predicted molar refractivity (Wildman–Crippen MR) is 88.4 cm³/mol. The Bertz CT molecular complexity index is 674. The summed E-state index contributed by atoms with van der Waals surface area (Å²) >= 11 is 0. The van der Waals surface area contributed by atoms with Gasteiger partial charge in [0.1, 0.15) is 11.4 Å². The highest BCUT2D eigenvalue weighted by Gasteiger charge is 2.18. The Morgan fingerprint density at radius 3 is 2.58 bits per heavy atom. The molecule has 0 aliphatic rings. The van der Waals surface area contributed by atoms with Gasteiger partial charge >= 0.3 is 0 Å². The van der Waals surface area contributed by atoms with Gasteiger partial charge in [-0.1, -0.05) is 12.1 Å². The number of nitrogens with two attached hydrogens (primary N) is 1. The molecule has 24 heavy (non-hydrogen) atoms. The summed E-state index contributed by atoms with van der Waals surface area (Å²) in [6.07, 6.45) is 4.71. The van der Waals surface area contributed by atoms with E-state index < -0.39 is 11.8 Å². The third kappa shape index (κ3) is 5.05. The summed E-state index contributed by atoms with van der Waals surface area (Å²) in [6, 6.07) is 7.45. The molecule has 0 bridgehead atoms. The van der Waals surface area contributed by atoms with Gasteiger partial charge in [-0.2, -0.15) is 0 Å². The van der Waals surface area contributed by atoms with Crippen LogP contribution >= 0.6 is 0 Å². The molecular formula is C17H20N4O3. The SMILES string of the molecule is CCOc1ccc(C[C@H](CNC(=O)c2cnccn2)C(N)=O)cc1. The van der Waals surface area contributed by atoms with E-state index in [2.05, 4.69) is 15.3 Å². The van der Waals surface area contributed by atoms with Crippen molar-refractivity contribution in [3.8, 4) is 5.75 Å². The zero-order chi connectivity index (χ0) is 17.4. The summed E-state index contributed by atoms with van der Waals surface area (Å²) in [5.74, 6) is -0.597. The number of nitrogens with zero attached hydrogens (tertiary/aromatic N) is 2. The lowest BCUT2D eigenvalue weighted by molar-refractivity contribution is -0.121. The second-order valence-corrected chi connectivity index (χ2v) is 5.18. The zero-order valence-electron chi connectivity index (χ0n) is 13.4. The lowest BCUT2D eigenvalue weighted by Crippen LogP contribution is -2.37. The van der Waals surface area contributed by atoms with Crippen LogP contribution in [0, 0.1) is 5.92 Å². The van der Waals surface area contributed by atoms with Crippen molar-refractivity contribution in [2.24, 2.45) is 11.7 Å². The van der Waals surface area contributed by atoms with Crippen LogP contribution in [0.25, 0.3) is 0 Å². The number of rotatable bonds is 8. The van der Waals surface area contributed by atoms with Gasteiger partial charge in [-0.25, -0.2) is 4.98 Å². The maximum absolute atomic E-state index is 12.0. The van der Waals surface area contributed by atoms with Gasteiger partial charge < -0.3 is 15.8 Å². The highest BCUT2D eigenvalue weighted by molar-refractivity contribution is 5.92. The minimum atomic E-state index is -0.511. The predicted octanol–water partition coefficient (Wildman–Crippen LogP) is 0.949. The first kappa shape index (κ1) is 17.4. The van der Waals surface area contributed by atoms with E-state index in [-0.39, 0.29) is 18.1 Å². The van der Waals surface area contributed by atoms with Crippen molar-refractivity contribution in [2.45, 2.75) is 13.3 Å². The van der Waals surface area contributed by atoms with Crippen molar-refractivity contribution in [3.05, 3.63) is 54.1 Å². The fourth-order valence-corrected chi connectivity index (χ4v) is 2.17. The summed E-state index contributed by atoms with van der Waals surface area (Å²) in [5.41, 5.74) is 6.58. The van der Waals surface area contributed by atoms with E-state index in [1.165, 1.54) is 18.6 Å². The maximum Gasteiger partial charge on any atom is 0.271 e. The molecule has 0 saturated heterocycles. The van der Waals surface area contributed by atoms with Gasteiger partial charge in [0.2, 0.25) is 5.91 Å². The first-order valence-corrected chi connectivity index (χ1v) is 7.65. The number of carbonyl (C=O) groups is 2. The van der Waals surface area contributed by atoms with Crippen LogP contribution in [-0.4, -0.2) is 34.9 Å². The molecule has 1 heterocycles. The van der Waals surface area contributed by atoms with E-state index in [9.17, 15) is 9.59 Å². The van der Waals surface area contributed by atoms with Gasteiger partial charge in [0.15, 0.2) is 0 Å². The fourth-order valence-electron chi connectivity index (χ4n) is 2.17. The van der Waals surface area contributed by atoms with Gasteiger partial charge in [0.25, 0.3) is 5.91 Å². The van der Waals surface area contributed by atoms with E-state index in [0.29, 0.717) is 13.0 Å². The normalized spacial score (nSPS) is 11.5. The molecule has 2 aromatic rings. The Morgan fingerprint density at radius 1 is 1.25 bits per heavy atom. The monoisotopic (exact) mass is 328 g/mol. The number of amides is 2. The lowest BCUT2D eigenvalue weighted by Gasteiger charge is -2.14. The minimum absolute atomic E-state index is 0.137. The van der Waals surface area contributed by atoms with Crippen molar-refractivity contribution in [2.75, 3.05) is 13.2 Å². The molecule has 3 N–H and O–H groups in total. The van der Waals surface area contributed by atoms with Crippen molar-refractivity contribution in [1.82, 2.24) is 15.3 Å². The average molecular weight is 328 g/mol. The summed E-state index contributed by atoms with van der Waals surface area (Å²) in [6.45, 7) is 2.65. The fraction of sp³-hybridized carbons (Fsp3) is 0.294. The van der Waals surface area contributed by atoms with Crippen LogP contribution in [-0.2, 0) is 11.2 Å². The molecule has 0 fully saturated rings. The van der Waals surface area contributed by atoms with Crippen LogP contribution in [0.1, 0.15) is 23.0 Å². The molecule has 1 aromatic carbocycles. The maximum atomic E-state index is 12.0. The lowest BCUT2D eigenvalue weighted by atomic mass is 9.98. The summed E-state index contributed by atoms with van der Waals surface area (Å²) in [7, 11) is 0. The molecule has 0 radical (unpaired) electrons. The first-order chi connectivity index (χ1) is 11.6. The molecule has 2 amide bonds. The molecule has 2 rings (SSSR count). The van der Waals surface area contributed by atoms with E-state index in [1.807, 2.05) is 31.2 Å². The second kappa shape index (κ2) is 8.61. The molecule has 1 atom stereocenters. The minimum Gasteiger partial charge on any atom is -0.494 e. The van der Waals surface area contributed by atoms with Crippen LogP contribution in [0.4, 0.5) is 0 Å². The Kier molecular flexibility index (Phi) is 6.24. The molecule has 126 valence electrons. The molecular weight excluding hydrogens is 308 g/mol.